The summed E-state index contributed by atoms with van der Waals surface area (Å²) < 4.78 is 5.36. The lowest BCUT2D eigenvalue weighted by Gasteiger charge is -2.31. The molecule has 1 aliphatic rings. The largest absolute Gasteiger partial charge is 0.381 e. The number of nitrogens with one attached hydrogen (secondary N) is 1. The molecule has 1 saturated heterocycles. The van der Waals surface area contributed by atoms with Crippen molar-refractivity contribution in [3.8, 4) is 0 Å². The average molecular weight is 289 g/mol. The van der Waals surface area contributed by atoms with E-state index in [4.69, 9.17) is 4.74 Å². The molecule has 4 heteroatoms. The van der Waals surface area contributed by atoms with Gasteiger partial charge in [-0.1, -0.05) is 32.0 Å². The SMILES string of the molecule is CC(C)C(=O)C(NC(=O)c1ccccc1)C1CCOCC1. The van der Waals surface area contributed by atoms with Crippen molar-refractivity contribution in [2.24, 2.45) is 11.8 Å². The Hall–Kier alpha value is -1.68. The molecule has 0 spiro atoms. The molecule has 0 aromatic heterocycles. The van der Waals surface area contributed by atoms with Gasteiger partial charge in [0.1, 0.15) is 0 Å². The number of ether oxygens (including phenoxy) is 1. The van der Waals surface area contributed by atoms with Crippen LogP contribution in [0.15, 0.2) is 30.3 Å². The van der Waals surface area contributed by atoms with Gasteiger partial charge in [-0.2, -0.15) is 0 Å². The number of hydrogen-bond acceptors (Lipinski definition) is 3. The minimum absolute atomic E-state index is 0.0890. The third-order valence-electron chi connectivity index (χ3n) is 3.94. The fourth-order valence-corrected chi connectivity index (χ4v) is 2.64. The third kappa shape index (κ3) is 4.14. The van der Waals surface area contributed by atoms with Crippen LogP contribution in [0.2, 0.25) is 0 Å². The summed E-state index contributed by atoms with van der Waals surface area (Å²) in [4.78, 5) is 24.8. The van der Waals surface area contributed by atoms with Gasteiger partial charge in [-0.3, -0.25) is 9.59 Å². The van der Waals surface area contributed by atoms with Crippen LogP contribution in [-0.2, 0) is 9.53 Å². The molecular weight excluding hydrogens is 266 g/mol. The highest BCUT2D eigenvalue weighted by atomic mass is 16.5. The van der Waals surface area contributed by atoms with Crippen molar-refractivity contribution in [1.29, 1.82) is 0 Å². The zero-order chi connectivity index (χ0) is 15.2. The Kier molecular flexibility index (Phi) is 5.51. The molecule has 1 aromatic carbocycles. The summed E-state index contributed by atoms with van der Waals surface area (Å²) in [5.74, 6) is 0.00232. The summed E-state index contributed by atoms with van der Waals surface area (Å²) in [7, 11) is 0. The van der Waals surface area contributed by atoms with E-state index >= 15 is 0 Å². The fraction of sp³-hybridized carbons (Fsp3) is 0.529. The predicted octanol–water partition coefficient (Wildman–Crippen LogP) is 2.44. The quantitative estimate of drug-likeness (QED) is 0.905. The molecule has 0 saturated carbocycles. The van der Waals surface area contributed by atoms with Gasteiger partial charge in [0.15, 0.2) is 5.78 Å². The van der Waals surface area contributed by atoms with Gasteiger partial charge in [-0.15, -0.1) is 0 Å². The van der Waals surface area contributed by atoms with E-state index in [-0.39, 0.29) is 23.5 Å². The molecule has 0 bridgehead atoms. The van der Waals surface area contributed by atoms with E-state index in [1.807, 2.05) is 32.0 Å². The molecule has 1 aliphatic heterocycles. The summed E-state index contributed by atoms with van der Waals surface area (Å²) in [6.45, 7) is 5.08. The van der Waals surface area contributed by atoms with Crippen molar-refractivity contribution in [1.82, 2.24) is 5.32 Å². The molecule has 0 radical (unpaired) electrons. The molecular formula is C17H23NO3. The molecule has 21 heavy (non-hydrogen) atoms. The number of carbonyl (C=O) groups excluding carboxylic acids is 2. The zero-order valence-electron chi connectivity index (χ0n) is 12.7. The molecule has 1 amide bonds. The van der Waals surface area contributed by atoms with E-state index < -0.39 is 6.04 Å². The minimum Gasteiger partial charge on any atom is -0.381 e. The van der Waals surface area contributed by atoms with Crippen LogP contribution in [-0.4, -0.2) is 30.9 Å². The maximum atomic E-state index is 12.5. The summed E-state index contributed by atoms with van der Waals surface area (Å²) in [5, 5.41) is 2.94. The maximum absolute atomic E-state index is 12.5. The molecule has 1 unspecified atom stereocenters. The van der Waals surface area contributed by atoms with E-state index in [0.717, 1.165) is 12.8 Å². The van der Waals surface area contributed by atoms with Crippen molar-refractivity contribution in [2.75, 3.05) is 13.2 Å². The van der Waals surface area contributed by atoms with Crippen LogP contribution in [0.4, 0.5) is 0 Å². The molecule has 0 aliphatic carbocycles. The Bertz CT molecular complexity index is 478. The van der Waals surface area contributed by atoms with E-state index in [1.165, 1.54) is 0 Å². The first-order chi connectivity index (χ1) is 10.1. The van der Waals surface area contributed by atoms with E-state index in [9.17, 15) is 9.59 Å². The first-order valence-electron chi connectivity index (χ1n) is 7.57. The van der Waals surface area contributed by atoms with Crippen LogP contribution >= 0.6 is 0 Å². The smallest absolute Gasteiger partial charge is 0.251 e. The van der Waals surface area contributed by atoms with Crippen LogP contribution in [0, 0.1) is 11.8 Å². The highest BCUT2D eigenvalue weighted by Gasteiger charge is 2.32. The molecule has 1 aromatic rings. The van der Waals surface area contributed by atoms with E-state index in [2.05, 4.69) is 5.32 Å². The molecule has 2 rings (SSSR count). The number of hydrogen-bond donors (Lipinski definition) is 1. The summed E-state index contributed by atoms with van der Waals surface area (Å²) >= 11 is 0. The molecule has 1 fully saturated rings. The Morgan fingerprint density at radius 3 is 2.33 bits per heavy atom. The van der Waals surface area contributed by atoms with Gasteiger partial charge in [0.25, 0.3) is 5.91 Å². The standard InChI is InChI=1S/C17H23NO3/c1-12(2)16(19)15(13-8-10-21-11-9-13)18-17(20)14-6-4-3-5-7-14/h3-7,12-13,15H,8-11H2,1-2H3,(H,18,20). The van der Waals surface area contributed by atoms with Crippen LogP contribution < -0.4 is 5.32 Å². The first kappa shape index (κ1) is 15.7. The van der Waals surface area contributed by atoms with Crippen molar-refractivity contribution >= 4 is 11.7 Å². The Labute approximate surface area is 125 Å². The lowest BCUT2D eigenvalue weighted by Crippen LogP contribution is -2.49. The molecule has 4 nitrogen and oxygen atoms in total. The minimum atomic E-state index is -0.415. The number of amides is 1. The van der Waals surface area contributed by atoms with Gasteiger partial charge in [-0.25, -0.2) is 0 Å². The normalized spacial score (nSPS) is 17.5. The average Bonchev–Trinajstić information content (AvgIpc) is 2.53. The van der Waals surface area contributed by atoms with Crippen LogP contribution in [0.3, 0.4) is 0 Å². The lowest BCUT2D eigenvalue weighted by molar-refractivity contribution is -0.126. The van der Waals surface area contributed by atoms with Crippen molar-refractivity contribution < 1.29 is 14.3 Å². The monoisotopic (exact) mass is 289 g/mol. The van der Waals surface area contributed by atoms with Gasteiger partial charge in [0.05, 0.1) is 6.04 Å². The number of Topliss-reactive ketones (excluding diaryl/α,β-unsaturated/α-hetero) is 1. The van der Waals surface area contributed by atoms with Crippen molar-refractivity contribution in [3.63, 3.8) is 0 Å². The van der Waals surface area contributed by atoms with Crippen molar-refractivity contribution in [3.05, 3.63) is 35.9 Å². The highest BCUT2D eigenvalue weighted by molar-refractivity contribution is 5.98. The molecule has 114 valence electrons. The Morgan fingerprint density at radius 2 is 1.76 bits per heavy atom. The number of rotatable bonds is 5. The topological polar surface area (TPSA) is 55.4 Å². The van der Waals surface area contributed by atoms with Gasteiger partial charge in [0.2, 0.25) is 0 Å². The van der Waals surface area contributed by atoms with Crippen molar-refractivity contribution in [2.45, 2.75) is 32.7 Å². The fourth-order valence-electron chi connectivity index (χ4n) is 2.64. The van der Waals surface area contributed by atoms with Gasteiger partial charge in [0, 0.05) is 24.7 Å². The third-order valence-corrected chi connectivity index (χ3v) is 3.94. The first-order valence-corrected chi connectivity index (χ1v) is 7.57. The summed E-state index contributed by atoms with van der Waals surface area (Å²) in [6, 6.07) is 8.62. The second kappa shape index (κ2) is 7.36. The summed E-state index contributed by atoms with van der Waals surface area (Å²) in [5.41, 5.74) is 0.589. The number of ketones is 1. The Balaban J connectivity index is 2.11. The number of carbonyl (C=O) groups is 2. The highest BCUT2D eigenvalue weighted by Crippen LogP contribution is 2.22. The van der Waals surface area contributed by atoms with Crippen LogP contribution in [0.5, 0.6) is 0 Å². The van der Waals surface area contributed by atoms with Gasteiger partial charge < -0.3 is 10.1 Å². The second-order valence-corrected chi connectivity index (χ2v) is 5.82. The van der Waals surface area contributed by atoms with E-state index in [1.54, 1.807) is 12.1 Å². The molecule has 1 heterocycles. The van der Waals surface area contributed by atoms with Gasteiger partial charge >= 0.3 is 0 Å². The van der Waals surface area contributed by atoms with Gasteiger partial charge in [-0.05, 0) is 30.9 Å². The van der Waals surface area contributed by atoms with Crippen LogP contribution in [0.1, 0.15) is 37.0 Å². The molecule has 1 N–H and O–H groups in total. The summed E-state index contributed by atoms with van der Waals surface area (Å²) in [6.07, 6.45) is 1.64. The lowest BCUT2D eigenvalue weighted by atomic mass is 9.85. The zero-order valence-corrected chi connectivity index (χ0v) is 12.7. The molecule has 1 atom stereocenters. The maximum Gasteiger partial charge on any atom is 0.251 e. The second-order valence-electron chi connectivity index (χ2n) is 5.82. The van der Waals surface area contributed by atoms with E-state index in [0.29, 0.717) is 18.8 Å². The van der Waals surface area contributed by atoms with Crippen LogP contribution in [0.25, 0.3) is 0 Å². The predicted molar refractivity (Wildman–Crippen MR) is 81.1 cm³/mol. The number of benzene rings is 1. The Morgan fingerprint density at radius 1 is 1.14 bits per heavy atom.